The number of carbonyl (C=O) groups is 2. The zero-order chi connectivity index (χ0) is 18.2. The van der Waals surface area contributed by atoms with Gasteiger partial charge in [0.15, 0.2) is 0 Å². The fraction of sp³-hybridized carbons (Fsp3) is 0.600. The molecule has 138 valence electrons. The van der Waals surface area contributed by atoms with E-state index >= 15 is 0 Å². The first-order valence-electron chi connectivity index (χ1n) is 9.27. The van der Waals surface area contributed by atoms with E-state index in [1.54, 1.807) is 0 Å². The van der Waals surface area contributed by atoms with Crippen LogP contribution in [0.2, 0.25) is 0 Å². The second-order valence-electron chi connectivity index (χ2n) is 7.21. The van der Waals surface area contributed by atoms with E-state index in [-0.39, 0.29) is 30.3 Å². The lowest BCUT2D eigenvalue weighted by atomic mass is 10.0. The molecular formula is C20H31N3O2. The van der Waals surface area contributed by atoms with Gasteiger partial charge in [0, 0.05) is 32.1 Å². The molecule has 1 aliphatic heterocycles. The van der Waals surface area contributed by atoms with Crippen molar-refractivity contribution in [2.45, 2.75) is 39.2 Å². The lowest BCUT2D eigenvalue weighted by molar-refractivity contribution is -0.135. The minimum atomic E-state index is -0.0961. The zero-order valence-corrected chi connectivity index (χ0v) is 15.7. The van der Waals surface area contributed by atoms with Crippen LogP contribution in [0, 0.1) is 5.92 Å². The second kappa shape index (κ2) is 9.56. The summed E-state index contributed by atoms with van der Waals surface area (Å²) in [6, 6.07) is 10.7. The molecule has 0 aromatic heterocycles. The van der Waals surface area contributed by atoms with Gasteiger partial charge in [-0.1, -0.05) is 44.2 Å². The van der Waals surface area contributed by atoms with Crippen LogP contribution in [0.25, 0.3) is 0 Å². The average molecular weight is 345 g/mol. The van der Waals surface area contributed by atoms with Crippen molar-refractivity contribution in [2.24, 2.45) is 5.92 Å². The number of amides is 2. The van der Waals surface area contributed by atoms with Gasteiger partial charge in [-0.2, -0.15) is 0 Å². The summed E-state index contributed by atoms with van der Waals surface area (Å²) >= 11 is 0. The summed E-state index contributed by atoms with van der Waals surface area (Å²) in [6.45, 7) is 6.77. The van der Waals surface area contributed by atoms with Gasteiger partial charge in [0.05, 0.1) is 6.54 Å². The molecule has 5 heteroatoms. The summed E-state index contributed by atoms with van der Waals surface area (Å²) < 4.78 is 0. The fourth-order valence-electron chi connectivity index (χ4n) is 3.18. The van der Waals surface area contributed by atoms with E-state index in [9.17, 15) is 9.59 Å². The van der Waals surface area contributed by atoms with Crippen molar-refractivity contribution < 1.29 is 9.59 Å². The van der Waals surface area contributed by atoms with Crippen molar-refractivity contribution in [1.29, 1.82) is 0 Å². The number of benzene rings is 1. The molecule has 0 spiro atoms. The normalized spacial score (nSPS) is 18.2. The molecule has 25 heavy (non-hydrogen) atoms. The van der Waals surface area contributed by atoms with Gasteiger partial charge in [-0.25, -0.2) is 0 Å². The van der Waals surface area contributed by atoms with Gasteiger partial charge in [-0.05, 0) is 31.4 Å². The Morgan fingerprint density at radius 3 is 2.68 bits per heavy atom. The second-order valence-corrected chi connectivity index (χ2v) is 7.21. The first-order valence-corrected chi connectivity index (χ1v) is 9.27. The van der Waals surface area contributed by atoms with E-state index in [1.807, 2.05) is 31.9 Å². The van der Waals surface area contributed by atoms with Crippen molar-refractivity contribution >= 4 is 11.8 Å². The average Bonchev–Trinajstić information content (AvgIpc) is 2.64. The molecule has 1 aromatic carbocycles. The van der Waals surface area contributed by atoms with E-state index in [0.717, 1.165) is 38.9 Å². The fourth-order valence-corrected chi connectivity index (χ4v) is 3.18. The third-order valence-corrected chi connectivity index (χ3v) is 4.92. The Morgan fingerprint density at radius 2 is 2.00 bits per heavy atom. The topological polar surface area (TPSA) is 52.7 Å². The highest BCUT2D eigenvalue weighted by atomic mass is 16.2. The SMILES string of the molecule is CC(C)C(=O)NCC(=O)N(C)[C@@H]1CCCN(CCc2ccccc2)C1. The smallest absolute Gasteiger partial charge is 0.242 e. The lowest BCUT2D eigenvalue weighted by Crippen LogP contribution is -2.51. The third-order valence-electron chi connectivity index (χ3n) is 4.92. The van der Waals surface area contributed by atoms with Gasteiger partial charge in [0.2, 0.25) is 11.8 Å². The highest BCUT2D eigenvalue weighted by Crippen LogP contribution is 2.15. The summed E-state index contributed by atoms with van der Waals surface area (Å²) in [5, 5.41) is 2.72. The number of hydrogen-bond donors (Lipinski definition) is 1. The molecule has 1 aromatic rings. The highest BCUT2D eigenvalue weighted by Gasteiger charge is 2.26. The number of piperidine rings is 1. The van der Waals surface area contributed by atoms with Crippen LogP contribution in [0.15, 0.2) is 30.3 Å². The summed E-state index contributed by atoms with van der Waals surface area (Å²) in [5.41, 5.74) is 1.35. The molecule has 0 saturated carbocycles. The van der Waals surface area contributed by atoms with E-state index in [0.29, 0.717) is 0 Å². The molecule has 2 amide bonds. The Balaban J connectivity index is 1.78. The Hall–Kier alpha value is -1.88. The number of carbonyl (C=O) groups excluding carboxylic acids is 2. The summed E-state index contributed by atoms with van der Waals surface area (Å²) in [5.74, 6) is -0.181. The van der Waals surface area contributed by atoms with Crippen molar-refractivity contribution in [3.63, 3.8) is 0 Å². The molecule has 0 bridgehead atoms. The monoisotopic (exact) mass is 345 g/mol. The van der Waals surface area contributed by atoms with Crippen LogP contribution in [-0.2, 0) is 16.0 Å². The minimum Gasteiger partial charge on any atom is -0.347 e. The van der Waals surface area contributed by atoms with Crippen LogP contribution in [0.4, 0.5) is 0 Å². The van der Waals surface area contributed by atoms with E-state index in [4.69, 9.17) is 0 Å². The quantitative estimate of drug-likeness (QED) is 0.821. The molecule has 0 aliphatic carbocycles. The van der Waals surface area contributed by atoms with E-state index < -0.39 is 0 Å². The molecular weight excluding hydrogens is 314 g/mol. The molecule has 1 saturated heterocycles. The van der Waals surface area contributed by atoms with Crippen LogP contribution in [0.5, 0.6) is 0 Å². The summed E-state index contributed by atoms with van der Waals surface area (Å²) in [7, 11) is 1.86. The molecule has 0 radical (unpaired) electrons. The molecule has 1 aliphatic rings. The predicted molar refractivity (Wildman–Crippen MR) is 100 cm³/mol. The van der Waals surface area contributed by atoms with E-state index in [1.165, 1.54) is 5.56 Å². The first-order chi connectivity index (χ1) is 12.0. The maximum atomic E-state index is 12.3. The highest BCUT2D eigenvalue weighted by molar-refractivity contribution is 5.85. The van der Waals surface area contributed by atoms with Crippen molar-refractivity contribution in [2.75, 3.05) is 33.2 Å². The summed E-state index contributed by atoms with van der Waals surface area (Å²) in [6.07, 6.45) is 3.17. The number of likely N-dealkylation sites (N-methyl/N-ethyl adjacent to an activating group) is 1. The number of nitrogens with zero attached hydrogens (tertiary/aromatic N) is 2. The number of nitrogens with one attached hydrogen (secondary N) is 1. The summed E-state index contributed by atoms with van der Waals surface area (Å²) in [4.78, 5) is 28.2. The maximum Gasteiger partial charge on any atom is 0.242 e. The number of rotatable bonds is 7. The van der Waals surface area contributed by atoms with E-state index in [2.05, 4.69) is 34.5 Å². The molecule has 5 nitrogen and oxygen atoms in total. The maximum absolute atomic E-state index is 12.3. The molecule has 1 fully saturated rings. The van der Waals surface area contributed by atoms with Crippen LogP contribution >= 0.6 is 0 Å². The van der Waals surface area contributed by atoms with Gasteiger partial charge in [0.25, 0.3) is 0 Å². The van der Waals surface area contributed by atoms with Crippen LogP contribution in [0.1, 0.15) is 32.3 Å². The number of hydrogen-bond acceptors (Lipinski definition) is 3. The van der Waals surface area contributed by atoms with Crippen molar-refractivity contribution in [1.82, 2.24) is 15.1 Å². The molecule has 1 atom stereocenters. The predicted octanol–water partition coefficient (Wildman–Crippen LogP) is 1.92. The Bertz CT molecular complexity index is 559. The molecule has 1 heterocycles. The first kappa shape index (κ1) is 19.4. The van der Waals surface area contributed by atoms with Crippen LogP contribution < -0.4 is 5.32 Å². The molecule has 2 rings (SSSR count). The molecule has 1 N–H and O–H groups in total. The largest absolute Gasteiger partial charge is 0.347 e. The Labute approximate surface area is 151 Å². The van der Waals surface area contributed by atoms with Gasteiger partial charge in [0.1, 0.15) is 0 Å². The van der Waals surface area contributed by atoms with Gasteiger partial charge in [-0.3, -0.25) is 9.59 Å². The van der Waals surface area contributed by atoms with Crippen LogP contribution in [0.3, 0.4) is 0 Å². The Kier molecular flexibility index (Phi) is 7.44. The van der Waals surface area contributed by atoms with Gasteiger partial charge >= 0.3 is 0 Å². The molecule has 0 unspecified atom stereocenters. The zero-order valence-electron chi connectivity index (χ0n) is 15.7. The van der Waals surface area contributed by atoms with Gasteiger partial charge < -0.3 is 15.1 Å². The number of likely N-dealkylation sites (tertiary alicyclic amines) is 1. The minimum absolute atomic E-state index is 0.0103. The van der Waals surface area contributed by atoms with Crippen LogP contribution in [-0.4, -0.2) is 60.9 Å². The van der Waals surface area contributed by atoms with Gasteiger partial charge in [-0.15, -0.1) is 0 Å². The third kappa shape index (κ3) is 6.16. The standard InChI is InChI=1S/C20H31N3O2/c1-16(2)20(25)21-14-19(24)22(3)18-10-7-12-23(15-18)13-11-17-8-5-4-6-9-17/h4-6,8-9,16,18H,7,10-15H2,1-3H3,(H,21,25)/t18-/m1/s1. The Morgan fingerprint density at radius 1 is 1.28 bits per heavy atom. The lowest BCUT2D eigenvalue weighted by Gasteiger charge is -2.37. The van der Waals surface area contributed by atoms with Crippen molar-refractivity contribution in [3.05, 3.63) is 35.9 Å². The van der Waals surface area contributed by atoms with Crippen molar-refractivity contribution in [3.8, 4) is 0 Å².